The number of sulfonamides is 1. The lowest BCUT2D eigenvalue weighted by Crippen LogP contribution is -2.38. The molecule has 1 rings (SSSR count). The number of hydrogen-bond donors (Lipinski definition) is 2. The molecular weight excluding hydrogens is 342 g/mol. The van der Waals surface area contributed by atoms with Gasteiger partial charge in [0.2, 0.25) is 0 Å². The predicted molar refractivity (Wildman–Crippen MR) is 74.6 cm³/mol. The van der Waals surface area contributed by atoms with E-state index < -0.39 is 10.0 Å². The van der Waals surface area contributed by atoms with Gasteiger partial charge in [-0.15, -0.1) is 11.3 Å². The Morgan fingerprint density at radius 2 is 2.28 bits per heavy atom. The second-order valence-electron chi connectivity index (χ2n) is 3.54. The third kappa shape index (κ3) is 3.22. The minimum Gasteiger partial charge on any atom is -0.409 e. The molecule has 0 aromatic carbocycles. The van der Waals surface area contributed by atoms with Gasteiger partial charge in [0.1, 0.15) is 4.21 Å². The van der Waals surface area contributed by atoms with Gasteiger partial charge in [0.05, 0.1) is 10.3 Å². The van der Waals surface area contributed by atoms with Crippen molar-refractivity contribution in [2.45, 2.75) is 18.1 Å². The summed E-state index contributed by atoms with van der Waals surface area (Å²) in [6, 6.07) is 1.60. The first-order valence-corrected chi connectivity index (χ1v) is 8.10. The highest BCUT2D eigenvalue weighted by Gasteiger charge is 2.26. The largest absolute Gasteiger partial charge is 0.409 e. The fourth-order valence-corrected chi connectivity index (χ4v) is 5.07. The van der Waals surface area contributed by atoms with Crippen molar-refractivity contribution in [1.82, 2.24) is 4.31 Å². The van der Waals surface area contributed by atoms with E-state index in [1.165, 1.54) is 0 Å². The van der Waals surface area contributed by atoms with Crippen molar-refractivity contribution in [3.8, 4) is 0 Å². The third-order valence-electron chi connectivity index (χ3n) is 2.25. The number of nitrogens with two attached hydrogens (primary N) is 1. The van der Waals surface area contributed by atoms with Gasteiger partial charge < -0.3 is 10.9 Å². The smallest absolute Gasteiger partial charge is 0.253 e. The molecular formula is C9H14BrN3O3S2. The first-order valence-electron chi connectivity index (χ1n) is 5.05. The highest BCUT2D eigenvalue weighted by Crippen LogP contribution is 2.32. The second-order valence-corrected chi connectivity index (χ2v) is 8.08. The first kappa shape index (κ1) is 15.4. The van der Waals surface area contributed by atoms with Crippen LogP contribution in [0.2, 0.25) is 0 Å². The van der Waals surface area contributed by atoms with Crippen LogP contribution in [0.5, 0.6) is 0 Å². The van der Waals surface area contributed by atoms with Gasteiger partial charge in [0.25, 0.3) is 10.0 Å². The van der Waals surface area contributed by atoms with Gasteiger partial charge in [0.15, 0.2) is 5.84 Å². The molecule has 0 aliphatic carbocycles. The van der Waals surface area contributed by atoms with E-state index in [0.717, 1.165) is 25.0 Å². The number of nitrogens with zero attached hydrogens (tertiary/aromatic N) is 2. The maximum absolute atomic E-state index is 12.3. The second kappa shape index (κ2) is 6.00. The van der Waals surface area contributed by atoms with E-state index in [2.05, 4.69) is 21.1 Å². The topological polar surface area (TPSA) is 96.0 Å². The summed E-state index contributed by atoms with van der Waals surface area (Å²) in [5.41, 5.74) is 6.21. The number of rotatable bonds is 5. The summed E-state index contributed by atoms with van der Waals surface area (Å²) in [5, 5.41) is 11.3. The molecule has 1 aromatic rings. The molecule has 3 N–H and O–H groups in total. The summed E-state index contributed by atoms with van der Waals surface area (Å²) in [6.45, 7) is 3.62. The molecule has 1 heterocycles. The van der Waals surface area contributed by atoms with E-state index in [0.29, 0.717) is 0 Å². The minimum atomic E-state index is -3.61. The molecule has 102 valence electrons. The molecule has 18 heavy (non-hydrogen) atoms. The Balaban J connectivity index is 3.11. The van der Waals surface area contributed by atoms with Gasteiger partial charge in [-0.3, -0.25) is 0 Å². The van der Waals surface area contributed by atoms with Crippen molar-refractivity contribution < 1.29 is 13.6 Å². The van der Waals surface area contributed by atoms with Crippen LogP contribution in [0.1, 0.15) is 12.5 Å². The first-order chi connectivity index (χ1) is 8.32. The predicted octanol–water partition coefficient (Wildman–Crippen LogP) is 1.58. The Morgan fingerprint density at radius 3 is 2.67 bits per heavy atom. The molecule has 9 heteroatoms. The summed E-state index contributed by atoms with van der Waals surface area (Å²) in [4.78, 5) is 0. The zero-order valence-electron chi connectivity index (χ0n) is 9.92. The fraction of sp³-hybridized carbons (Fsp3) is 0.444. The van der Waals surface area contributed by atoms with Crippen LogP contribution in [-0.2, 0) is 10.0 Å². The Hall–Kier alpha value is -0.640. The molecule has 0 saturated heterocycles. The molecule has 0 spiro atoms. The molecule has 0 unspecified atom stereocenters. The van der Waals surface area contributed by atoms with E-state index >= 15 is 0 Å². The van der Waals surface area contributed by atoms with Crippen LogP contribution in [0, 0.1) is 6.92 Å². The fourth-order valence-electron chi connectivity index (χ4n) is 1.27. The number of halogens is 1. The third-order valence-corrected chi connectivity index (χ3v) is 6.75. The molecule has 0 aliphatic rings. The molecule has 0 aliphatic heterocycles. The van der Waals surface area contributed by atoms with Gasteiger partial charge in [-0.2, -0.15) is 4.31 Å². The minimum absolute atomic E-state index is 0.135. The van der Waals surface area contributed by atoms with E-state index in [9.17, 15) is 8.42 Å². The Morgan fingerprint density at radius 1 is 1.67 bits per heavy atom. The van der Waals surface area contributed by atoms with Crippen molar-refractivity contribution in [3.63, 3.8) is 0 Å². The lowest BCUT2D eigenvalue weighted by Gasteiger charge is -2.18. The highest BCUT2D eigenvalue weighted by molar-refractivity contribution is 9.11. The van der Waals surface area contributed by atoms with Crippen molar-refractivity contribution in [2.75, 3.05) is 13.1 Å². The SMILES string of the molecule is CCN(CC(N)=NO)S(=O)(=O)c1cc(C)c(Br)s1. The van der Waals surface area contributed by atoms with Crippen molar-refractivity contribution in [3.05, 3.63) is 15.4 Å². The van der Waals surface area contributed by atoms with Crippen LogP contribution in [0.15, 0.2) is 19.2 Å². The van der Waals surface area contributed by atoms with Crippen LogP contribution in [0.3, 0.4) is 0 Å². The number of hydrogen-bond acceptors (Lipinski definition) is 5. The van der Waals surface area contributed by atoms with Gasteiger partial charge in [-0.25, -0.2) is 8.42 Å². The molecule has 0 saturated carbocycles. The van der Waals surface area contributed by atoms with Crippen LogP contribution < -0.4 is 5.73 Å². The molecule has 0 atom stereocenters. The number of thiophene rings is 1. The normalized spacial score (nSPS) is 13.2. The molecule has 0 bridgehead atoms. The summed E-state index contributed by atoms with van der Waals surface area (Å²) in [5.74, 6) is -0.146. The van der Waals surface area contributed by atoms with Gasteiger partial charge in [0, 0.05) is 6.54 Å². The molecule has 6 nitrogen and oxygen atoms in total. The summed E-state index contributed by atoms with van der Waals surface area (Å²) in [6.07, 6.45) is 0. The van der Waals surface area contributed by atoms with Gasteiger partial charge in [-0.1, -0.05) is 12.1 Å². The van der Waals surface area contributed by atoms with Crippen molar-refractivity contribution in [1.29, 1.82) is 0 Å². The zero-order chi connectivity index (χ0) is 13.9. The van der Waals surface area contributed by atoms with E-state index in [1.54, 1.807) is 13.0 Å². The monoisotopic (exact) mass is 355 g/mol. The summed E-state index contributed by atoms with van der Waals surface area (Å²) >= 11 is 4.43. The lowest BCUT2D eigenvalue weighted by molar-refractivity contribution is 0.315. The van der Waals surface area contributed by atoms with Crippen molar-refractivity contribution >= 4 is 43.1 Å². The summed E-state index contributed by atoms with van der Waals surface area (Å²) < 4.78 is 26.8. The van der Waals surface area contributed by atoms with Crippen LogP contribution in [0.4, 0.5) is 0 Å². The number of oxime groups is 1. The average molecular weight is 356 g/mol. The Bertz CT molecular complexity index is 534. The molecule has 0 radical (unpaired) electrons. The lowest BCUT2D eigenvalue weighted by atomic mass is 10.4. The van der Waals surface area contributed by atoms with Gasteiger partial charge in [-0.05, 0) is 34.5 Å². The van der Waals surface area contributed by atoms with E-state index in [1.807, 2.05) is 6.92 Å². The average Bonchev–Trinajstić information content (AvgIpc) is 2.66. The van der Waals surface area contributed by atoms with E-state index in [-0.39, 0.29) is 23.1 Å². The number of aryl methyl sites for hydroxylation is 1. The van der Waals surface area contributed by atoms with Crippen LogP contribution >= 0.6 is 27.3 Å². The van der Waals surface area contributed by atoms with E-state index in [4.69, 9.17) is 10.9 Å². The highest BCUT2D eigenvalue weighted by atomic mass is 79.9. The Labute approximate surface area is 118 Å². The number of amidine groups is 1. The molecule has 1 aromatic heterocycles. The molecule has 0 amide bonds. The van der Waals surface area contributed by atoms with Gasteiger partial charge >= 0.3 is 0 Å². The zero-order valence-corrected chi connectivity index (χ0v) is 13.1. The maximum atomic E-state index is 12.3. The standard InChI is InChI=1S/C9H14BrN3O3S2/c1-3-13(5-7(11)12-14)18(15,16)8-4-6(2)9(10)17-8/h4,14H,3,5H2,1-2H3,(H2,11,12). The molecule has 0 fully saturated rings. The summed E-state index contributed by atoms with van der Waals surface area (Å²) in [7, 11) is -3.61. The quantitative estimate of drug-likeness (QED) is 0.362. The number of likely N-dealkylation sites (N-methyl/N-ethyl adjacent to an activating group) is 1. The van der Waals surface area contributed by atoms with Crippen LogP contribution in [-0.4, -0.2) is 36.9 Å². The van der Waals surface area contributed by atoms with Crippen molar-refractivity contribution in [2.24, 2.45) is 10.9 Å². The maximum Gasteiger partial charge on any atom is 0.253 e. The Kier molecular flexibility index (Phi) is 5.14. The van der Waals surface area contributed by atoms with Crippen LogP contribution in [0.25, 0.3) is 0 Å².